The molecule has 4 heteroatoms. The standard InChI is InChI=1S/C12H20INO2/c1-5-7(2)10-11(16-12(15)14-10)8(3)6-9(4)13/h6-8,10-11H,5H2,1-4H3,(H,14,15)/b9-6+/t7-,8+,10-,11+/m0/s1. The molecule has 1 fully saturated rings. The Balaban J connectivity index is 2.76. The summed E-state index contributed by atoms with van der Waals surface area (Å²) < 4.78 is 6.59. The molecule has 0 saturated carbocycles. The van der Waals surface area contributed by atoms with E-state index < -0.39 is 0 Å². The normalized spacial score (nSPS) is 29.6. The van der Waals surface area contributed by atoms with Crippen LogP contribution in [-0.4, -0.2) is 18.2 Å². The SMILES string of the molecule is CC[C@H](C)[C@@H]1NC(=O)O[C@@H]1[C@H](C)/C=C(\C)I. The number of ether oxygens (including phenoxy) is 1. The summed E-state index contributed by atoms with van der Waals surface area (Å²) in [6.07, 6.45) is 2.89. The molecular weight excluding hydrogens is 317 g/mol. The molecule has 0 aromatic rings. The Kier molecular flexibility index (Phi) is 5.08. The van der Waals surface area contributed by atoms with E-state index in [1.165, 1.54) is 3.58 Å². The van der Waals surface area contributed by atoms with Crippen molar-refractivity contribution in [1.29, 1.82) is 0 Å². The van der Waals surface area contributed by atoms with E-state index in [0.29, 0.717) is 5.92 Å². The lowest BCUT2D eigenvalue weighted by molar-refractivity contribution is 0.100. The molecule has 92 valence electrons. The van der Waals surface area contributed by atoms with Gasteiger partial charge in [-0.05, 0) is 39.0 Å². The highest BCUT2D eigenvalue weighted by atomic mass is 127. The van der Waals surface area contributed by atoms with Crippen molar-refractivity contribution in [1.82, 2.24) is 5.32 Å². The molecule has 0 radical (unpaired) electrons. The summed E-state index contributed by atoms with van der Waals surface area (Å²) >= 11 is 2.28. The van der Waals surface area contributed by atoms with Crippen LogP contribution in [0.15, 0.2) is 9.66 Å². The van der Waals surface area contributed by atoms with Gasteiger partial charge in [0.2, 0.25) is 0 Å². The Bertz CT molecular complexity index is 287. The van der Waals surface area contributed by atoms with Crippen LogP contribution in [0.1, 0.15) is 34.1 Å². The van der Waals surface area contributed by atoms with Crippen molar-refractivity contribution in [2.24, 2.45) is 11.8 Å². The highest BCUT2D eigenvalue weighted by Crippen LogP contribution is 2.26. The van der Waals surface area contributed by atoms with Crippen molar-refractivity contribution in [3.63, 3.8) is 0 Å². The second-order valence-electron chi connectivity index (χ2n) is 4.54. The monoisotopic (exact) mass is 337 g/mol. The maximum absolute atomic E-state index is 11.3. The molecule has 0 aromatic carbocycles. The zero-order valence-electron chi connectivity index (χ0n) is 10.3. The third-order valence-corrected chi connectivity index (χ3v) is 3.51. The number of hydrogen-bond donors (Lipinski definition) is 1. The molecule has 1 saturated heterocycles. The number of allylic oxidation sites excluding steroid dienone is 1. The smallest absolute Gasteiger partial charge is 0.407 e. The lowest BCUT2D eigenvalue weighted by Gasteiger charge is -2.25. The molecule has 1 amide bonds. The summed E-state index contributed by atoms with van der Waals surface area (Å²) in [5.41, 5.74) is 0. The first-order chi connectivity index (χ1) is 7.45. The van der Waals surface area contributed by atoms with E-state index in [1.54, 1.807) is 0 Å². The summed E-state index contributed by atoms with van der Waals surface area (Å²) in [6, 6.07) is 0.138. The summed E-state index contributed by atoms with van der Waals surface area (Å²) in [5.74, 6) is 0.705. The zero-order valence-corrected chi connectivity index (χ0v) is 12.4. The second-order valence-corrected chi connectivity index (χ2v) is 6.24. The van der Waals surface area contributed by atoms with E-state index >= 15 is 0 Å². The van der Waals surface area contributed by atoms with Crippen molar-refractivity contribution in [3.8, 4) is 0 Å². The Morgan fingerprint density at radius 3 is 2.75 bits per heavy atom. The molecule has 1 aliphatic rings. The molecule has 3 nitrogen and oxygen atoms in total. The molecule has 1 rings (SSSR count). The van der Waals surface area contributed by atoms with E-state index in [0.717, 1.165) is 6.42 Å². The first-order valence-corrected chi connectivity index (χ1v) is 6.84. The molecule has 0 spiro atoms. The maximum atomic E-state index is 11.3. The van der Waals surface area contributed by atoms with E-state index in [9.17, 15) is 4.79 Å². The highest BCUT2D eigenvalue weighted by molar-refractivity contribution is 14.1. The molecule has 0 aromatic heterocycles. The van der Waals surface area contributed by atoms with Crippen molar-refractivity contribution in [2.75, 3.05) is 0 Å². The fraction of sp³-hybridized carbons (Fsp3) is 0.750. The topological polar surface area (TPSA) is 38.3 Å². The number of carbonyl (C=O) groups excluding carboxylic acids is 1. The Morgan fingerprint density at radius 2 is 2.25 bits per heavy atom. The number of halogens is 1. The van der Waals surface area contributed by atoms with Gasteiger partial charge in [0.25, 0.3) is 0 Å². The van der Waals surface area contributed by atoms with Crippen LogP contribution < -0.4 is 5.32 Å². The predicted octanol–water partition coefficient (Wildman–Crippen LogP) is 3.48. The van der Waals surface area contributed by atoms with Crippen LogP contribution in [-0.2, 0) is 4.74 Å². The first-order valence-electron chi connectivity index (χ1n) is 5.76. The third-order valence-electron chi connectivity index (χ3n) is 3.15. The fourth-order valence-electron chi connectivity index (χ4n) is 2.06. The van der Waals surface area contributed by atoms with Crippen LogP contribution in [0.3, 0.4) is 0 Å². The van der Waals surface area contributed by atoms with Crippen molar-refractivity contribution < 1.29 is 9.53 Å². The van der Waals surface area contributed by atoms with Gasteiger partial charge in [0.15, 0.2) is 0 Å². The average Bonchev–Trinajstić information content (AvgIpc) is 2.58. The largest absolute Gasteiger partial charge is 0.443 e. The van der Waals surface area contributed by atoms with Crippen molar-refractivity contribution in [2.45, 2.75) is 46.3 Å². The average molecular weight is 337 g/mol. The lowest BCUT2D eigenvalue weighted by Crippen LogP contribution is -2.40. The number of amides is 1. The number of carbonyl (C=O) groups is 1. The molecule has 4 atom stereocenters. The van der Waals surface area contributed by atoms with Gasteiger partial charge in [-0.25, -0.2) is 4.79 Å². The van der Waals surface area contributed by atoms with E-state index in [1.807, 2.05) is 0 Å². The predicted molar refractivity (Wildman–Crippen MR) is 73.6 cm³/mol. The van der Waals surface area contributed by atoms with Gasteiger partial charge in [-0.1, -0.05) is 33.3 Å². The van der Waals surface area contributed by atoms with Gasteiger partial charge in [0.1, 0.15) is 6.10 Å². The minimum atomic E-state index is -0.276. The van der Waals surface area contributed by atoms with Crippen molar-refractivity contribution >= 4 is 28.7 Å². The molecule has 0 unspecified atom stereocenters. The number of hydrogen-bond acceptors (Lipinski definition) is 2. The van der Waals surface area contributed by atoms with Crippen LogP contribution in [0.25, 0.3) is 0 Å². The van der Waals surface area contributed by atoms with E-state index in [-0.39, 0.29) is 24.2 Å². The van der Waals surface area contributed by atoms with Crippen LogP contribution >= 0.6 is 22.6 Å². The van der Waals surface area contributed by atoms with Gasteiger partial charge in [0.05, 0.1) is 6.04 Å². The zero-order chi connectivity index (χ0) is 12.3. The van der Waals surface area contributed by atoms with Crippen molar-refractivity contribution in [3.05, 3.63) is 9.66 Å². The van der Waals surface area contributed by atoms with Crippen LogP contribution in [0.4, 0.5) is 4.79 Å². The van der Waals surface area contributed by atoms with Crippen LogP contribution in [0, 0.1) is 11.8 Å². The van der Waals surface area contributed by atoms with Gasteiger partial charge < -0.3 is 10.1 Å². The minimum Gasteiger partial charge on any atom is -0.443 e. The number of cyclic esters (lactones) is 1. The summed E-state index contributed by atoms with van der Waals surface area (Å²) in [4.78, 5) is 11.3. The molecule has 1 aliphatic heterocycles. The van der Waals surface area contributed by atoms with E-state index in [4.69, 9.17) is 4.74 Å². The molecule has 1 heterocycles. The third kappa shape index (κ3) is 3.37. The Labute approximate surface area is 111 Å². The fourth-order valence-corrected chi connectivity index (χ4v) is 2.63. The quantitative estimate of drug-likeness (QED) is 0.798. The summed E-state index contributed by atoms with van der Waals surface area (Å²) in [5, 5.41) is 2.92. The summed E-state index contributed by atoms with van der Waals surface area (Å²) in [6.45, 7) is 8.44. The Hall–Kier alpha value is -0.260. The van der Waals surface area contributed by atoms with Gasteiger partial charge in [-0.3, -0.25) is 0 Å². The number of nitrogens with one attached hydrogen (secondary N) is 1. The van der Waals surface area contributed by atoms with Crippen LogP contribution in [0.2, 0.25) is 0 Å². The van der Waals surface area contributed by atoms with E-state index in [2.05, 4.69) is 61.7 Å². The molecule has 1 N–H and O–H groups in total. The van der Waals surface area contributed by atoms with Crippen LogP contribution in [0.5, 0.6) is 0 Å². The second kappa shape index (κ2) is 5.89. The van der Waals surface area contributed by atoms with Gasteiger partial charge in [0, 0.05) is 5.92 Å². The minimum absolute atomic E-state index is 0.0350. The van der Waals surface area contributed by atoms with Gasteiger partial charge in [-0.2, -0.15) is 0 Å². The molecule has 0 aliphatic carbocycles. The number of rotatable bonds is 4. The molecular formula is C12H20INO2. The lowest BCUT2D eigenvalue weighted by atomic mass is 9.88. The summed E-state index contributed by atoms with van der Waals surface area (Å²) in [7, 11) is 0. The molecule has 0 bridgehead atoms. The number of alkyl carbamates (subject to hydrolysis) is 1. The molecule has 16 heavy (non-hydrogen) atoms. The maximum Gasteiger partial charge on any atom is 0.407 e. The highest BCUT2D eigenvalue weighted by Gasteiger charge is 2.39. The van der Waals surface area contributed by atoms with Gasteiger partial charge >= 0.3 is 6.09 Å². The Morgan fingerprint density at radius 1 is 1.62 bits per heavy atom. The van der Waals surface area contributed by atoms with Gasteiger partial charge in [-0.15, -0.1) is 0 Å². The first kappa shape index (κ1) is 13.8.